The summed E-state index contributed by atoms with van der Waals surface area (Å²) in [5, 5.41) is 17.4. The Morgan fingerprint density at radius 1 is 1.21 bits per heavy atom. The summed E-state index contributed by atoms with van der Waals surface area (Å²) in [4.78, 5) is 25.5. The molecule has 0 saturated carbocycles. The molecule has 1 aliphatic heterocycles. The van der Waals surface area contributed by atoms with E-state index in [0.29, 0.717) is 39.2 Å². The molecule has 0 spiro atoms. The fourth-order valence-electron chi connectivity index (χ4n) is 4.33. The average molecular weight is 492 g/mol. The summed E-state index contributed by atoms with van der Waals surface area (Å²) in [6, 6.07) is 17.5. The van der Waals surface area contributed by atoms with Crippen LogP contribution in [0.1, 0.15) is 56.1 Å². The van der Waals surface area contributed by atoms with E-state index in [4.69, 9.17) is 11.6 Å². The molecule has 2 aliphatic rings. The lowest BCUT2D eigenvalue weighted by molar-refractivity contribution is -0.116. The van der Waals surface area contributed by atoms with Crippen LogP contribution in [0.15, 0.2) is 70.4 Å². The summed E-state index contributed by atoms with van der Waals surface area (Å²) in [6.45, 7) is 4.27. The molecule has 1 unspecified atom stereocenters. The summed E-state index contributed by atoms with van der Waals surface area (Å²) in [5.74, 6) is -0.0675. The van der Waals surface area contributed by atoms with E-state index in [9.17, 15) is 14.9 Å². The molecule has 4 rings (SSSR count). The van der Waals surface area contributed by atoms with Gasteiger partial charge in [0.25, 0.3) is 0 Å². The van der Waals surface area contributed by atoms with Crippen LogP contribution in [0.2, 0.25) is 5.02 Å². The smallest absolute Gasteiger partial charge is 0.234 e. The van der Waals surface area contributed by atoms with Crippen LogP contribution in [0.4, 0.5) is 5.69 Å². The van der Waals surface area contributed by atoms with Gasteiger partial charge in [0.15, 0.2) is 5.78 Å². The number of anilines is 1. The summed E-state index contributed by atoms with van der Waals surface area (Å²) >= 11 is 7.42. The monoisotopic (exact) mass is 491 g/mol. The molecule has 0 aromatic heterocycles. The van der Waals surface area contributed by atoms with Gasteiger partial charge in [-0.1, -0.05) is 73.6 Å². The van der Waals surface area contributed by atoms with Crippen LogP contribution in [0.25, 0.3) is 0 Å². The number of rotatable bonds is 6. The number of ketones is 1. The van der Waals surface area contributed by atoms with E-state index in [0.717, 1.165) is 24.1 Å². The number of Topliss-reactive ketones (excluding diaryl/α,β-unsaturated/α-hetero) is 1. The Kier molecular flexibility index (Phi) is 7.45. The highest BCUT2D eigenvalue weighted by atomic mass is 35.5. The summed E-state index contributed by atoms with van der Waals surface area (Å²) in [7, 11) is 0. The number of carbonyl (C=O) groups excluding carboxylic acids is 2. The number of nitrogens with zero attached hydrogens (tertiary/aromatic N) is 1. The normalized spacial score (nSPS) is 17.9. The van der Waals surface area contributed by atoms with Crippen molar-refractivity contribution in [2.75, 3.05) is 11.1 Å². The van der Waals surface area contributed by atoms with Crippen LogP contribution in [0.3, 0.4) is 0 Å². The average Bonchev–Trinajstić information content (AvgIpc) is 2.83. The first-order valence-corrected chi connectivity index (χ1v) is 12.7. The van der Waals surface area contributed by atoms with Crippen molar-refractivity contribution < 1.29 is 9.59 Å². The number of amides is 1. The minimum atomic E-state index is -0.426. The fourth-order valence-corrected chi connectivity index (χ4v) is 5.38. The van der Waals surface area contributed by atoms with Crippen molar-refractivity contribution in [1.82, 2.24) is 5.32 Å². The predicted molar refractivity (Wildman–Crippen MR) is 137 cm³/mol. The minimum absolute atomic E-state index is 0.0833. The second-order valence-electron chi connectivity index (χ2n) is 8.72. The molecule has 2 N–H and O–H groups in total. The van der Waals surface area contributed by atoms with Crippen LogP contribution in [0, 0.1) is 11.3 Å². The van der Waals surface area contributed by atoms with E-state index in [1.807, 2.05) is 12.1 Å². The SMILES string of the molecule is CC(C)c1ccc(C2C(C#N)=C(SCC(=O)Nc3ccccc3Cl)NC3=C2C(=O)CCC3)cc1. The molecule has 1 atom stereocenters. The molecule has 174 valence electrons. The Morgan fingerprint density at radius 3 is 2.62 bits per heavy atom. The van der Waals surface area contributed by atoms with Gasteiger partial charge in [0.2, 0.25) is 5.91 Å². The Labute approximate surface area is 209 Å². The quantitative estimate of drug-likeness (QED) is 0.498. The third-order valence-electron chi connectivity index (χ3n) is 6.10. The lowest BCUT2D eigenvalue weighted by Gasteiger charge is -2.33. The van der Waals surface area contributed by atoms with E-state index >= 15 is 0 Å². The maximum atomic E-state index is 12.9. The number of nitriles is 1. The first kappa shape index (κ1) is 24.1. The van der Waals surface area contributed by atoms with Crippen LogP contribution < -0.4 is 10.6 Å². The largest absolute Gasteiger partial charge is 0.352 e. The van der Waals surface area contributed by atoms with Crippen LogP contribution in [-0.2, 0) is 9.59 Å². The molecule has 0 radical (unpaired) electrons. The van der Waals surface area contributed by atoms with Crippen LogP contribution in [0.5, 0.6) is 0 Å². The van der Waals surface area contributed by atoms with E-state index in [-0.39, 0.29) is 17.4 Å². The van der Waals surface area contributed by atoms with Gasteiger partial charge >= 0.3 is 0 Å². The van der Waals surface area contributed by atoms with Crippen molar-refractivity contribution in [1.29, 1.82) is 5.26 Å². The van der Waals surface area contributed by atoms with Gasteiger partial charge in [0.05, 0.1) is 39.1 Å². The van der Waals surface area contributed by atoms with Crippen LogP contribution in [-0.4, -0.2) is 17.4 Å². The van der Waals surface area contributed by atoms with Gasteiger partial charge in [0.1, 0.15) is 0 Å². The Morgan fingerprint density at radius 2 is 1.94 bits per heavy atom. The number of allylic oxidation sites excluding steroid dienone is 3. The van der Waals surface area contributed by atoms with E-state index in [2.05, 4.69) is 42.7 Å². The fraction of sp³-hybridized carbons (Fsp3) is 0.296. The molecule has 5 nitrogen and oxygen atoms in total. The zero-order valence-electron chi connectivity index (χ0n) is 19.2. The maximum Gasteiger partial charge on any atom is 0.234 e. The van der Waals surface area contributed by atoms with Gasteiger partial charge in [-0.05, 0) is 42.0 Å². The molecule has 0 saturated heterocycles. The number of halogens is 1. The van der Waals surface area contributed by atoms with Crippen molar-refractivity contribution >= 4 is 40.7 Å². The molecule has 0 fully saturated rings. The molecular formula is C27H26ClN3O2S. The minimum Gasteiger partial charge on any atom is -0.352 e. The molecule has 0 bridgehead atoms. The Bertz CT molecular complexity index is 1230. The van der Waals surface area contributed by atoms with Crippen LogP contribution >= 0.6 is 23.4 Å². The molecule has 1 heterocycles. The number of carbonyl (C=O) groups is 2. The second kappa shape index (κ2) is 10.5. The predicted octanol–water partition coefficient (Wildman–Crippen LogP) is 6.26. The first-order valence-electron chi connectivity index (χ1n) is 11.3. The number of hydrogen-bond acceptors (Lipinski definition) is 5. The van der Waals surface area contributed by atoms with Gasteiger partial charge in [-0.2, -0.15) is 5.26 Å². The molecular weight excluding hydrogens is 466 g/mol. The van der Waals surface area contributed by atoms with Crippen molar-refractivity contribution in [3.05, 3.63) is 86.6 Å². The Balaban J connectivity index is 1.63. The zero-order valence-corrected chi connectivity index (χ0v) is 20.7. The molecule has 7 heteroatoms. The molecule has 1 amide bonds. The lowest BCUT2D eigenvalue weighted by Crippen LogP contribution is -2.31. The summed E-state index contributed by atoms with van der Waals surface area (Å²) in [5.41, 5.74) is 4.69. The van der Waals surface area contributed by atoms with Crippen molar-refractivity contribution in [2.24, 2.45) is 0 Å². The topological polar surface area (TPSA) is 82.0 Å². The third kappa shape index (κ3) is 5.06. The van der Waals surface area contributed by atoms with Gasteiger partial charge in [0, 0.05) is 17.7 Å². The van der Waals surface area contributed by atoms with Gasteiger partial charge < -0.3 is 10.6 Å². The van der Waals surface area contributed by atoms with E-state index in [1.165, 1.54) is 17.3 Å². The van der Waals surface area contributed by atoms with Crippen molar-refractivity contribution in [3.63, 3.8) is 0 Å². The number of benzene rings is 2. The summed E-state index contributed by atoms with van der Waals surface area (Å²) < 4.78 is 0. The van der Waals surface area contributed by atoms with Crippen molar-refractivity contribution in [2.45, 2.75) is 44.9 Å². The molecule has 2 aromatic rings. The highest BCUT2D eigenvalue weighted by Gasteiger charge is 2.37. The number of dihydropyridines is 1. The number of hydrogen-bond donors (Lipinski definition) is 2. The van der Waals surface area contributed by atoms with Gasteiger partial charge in [-0.3, -0.25) is 9.59 Å². The Hall–Kier alpha value is -3.01. The highest BCUT2D eigenvalue weighted by Crippen LogP contribution is 2.44. The number of thioether (sulfide) groups is 1. The van der Waals surface area contributed by atoms with Gasteiger partial charge in [-0.25, -0.2) is 0 Å². The van der Waals surface area contributed by atoms with Crippen molar-refractivity contribution in [3.8, 4) is 6.07 Å². The molecule has 34 heavy (non-hydrogen) atoms. The van der Waals surface area contributed by atoms with E-state index in [1.54, 1.807) is 24.3 Å². The summed E-state index contributed by atoms with van der Waals surface area (Å²) in [6.07, 6.45) is 2.01. The lowest BCUT2D eigenvalue weighted by atomic mass is 9.76. The number of para-hydroxylation sites is 1. The zero-order chi connectivity index (χ0) is 24.2. The second-order valence-corrected chi connectivity index (χ2v) is 10.1. The maximum absolute atomic E-state index is 12.9. The molecule has 2 aromatic carbocycles. The standard InChI is InChI=1S/C27H26ClN3O2S/c1-16(2)17-10-12-18(13-11-17)25-19(14-29)27(31-22-8-5-9-23(32)26(22)25)34-15-24(33)30-21-7-4-3-6-20(21)28/h3-4,6-7,10-13,16,25,31H,5,8-9,15H2,1-2H3,(H,30,33). The van der Waals surface area contributed by atoms with Gasteiger partial charge in [-0.15, -0.1) is 0 Å². The molecule has 1 aliphatic carbocycles. The third-order valence-corrected chi connectivity index (χ3v) is 7.44. The highest BCUT2D eigenvalue weighted by molar-refractivity contribution is 8.03. The van der Waals surface area contributed by atoms with E-state index < -0.39 is 5.92 Å². The number of nitrogens with one attached hydrogen (secondary N) is 2. The first-order chi connectivity index (χ1) is 16.4.